The van der Waals surface area contributed by atoms with Crippen LogP contribution in [0.25, 0.3) is 0 Å². The lowest BCUT2D eigenvalue weighted by Crippen LogP contribution is -2.45. The smallest absolute Gasteiger partial charge is 0.150 e. The Kier molecular flexibility index (Phi) is 5.86. The number of nitriles is 1. The number of benzene rings is 1. The molecule has 0 spiro atoms. The molecule has 0 unspecified atom stereocenters. The summed E-state index contributed by atoms with van der Waals surface area (Å²) in [5.74, 6) is 2.08. The Labute approximate surface area is 181 Å². The average molecular weight is 422 g/mol. The summed E-state index contributed by atoms with van der Waals surface area (Å²) in [6.45, 7) is 7.37. The molecule has 30 heavy (non-hydrogen) atoms. The number of hydrogen-bond donors (Lipinski definition) is 1. The van der Waals surface area contributed by atoms with Crippen LogP contribution in [0.4, 0.5) is 11.5 Å². The van der Waals surface area contributed by atoms with Crippen LogP contribution >= 0.6 is 11.6 Å². The third-order valence-electron chi connectivity index (χ3n) is 5.72. The van der Waals surface area contributed by atoms with Crippen LogP contribution in [-0.4, -0.2) is 47.3 Å². The fraction of sp³-hybridized carbons (Fsp3) is 0.364. The Balaban J connectivity index is 1.38. The summed E-state index contributed by atoms with van der Waals surface area (Å²) in [5, 5.41) is 9.73. The van der Waals surface area contributed by atoms with Crippen LogP contribution in [0.1, 0.15) is 30.0 Å². The van der Waals surface area contributed by atoms with Gasteiger partial charge in [-0.2, -0.15) is 5.26 Å². The molecule has 4 rings (SSSR count). The quantitative estimate of drug-likeness (QED) is 0.587. The van der Waals surface area contributed by atoms with E-state index >= 15 is 0 Å². The fourth-order valence-corrected chi connectivity index (χ4v) is 4.03. The van der Waals surface area contributed by atoms with E-state index in [9.17, 15) is 0 Å². The van der Waals surface area contributed by atoms with Gasteiger partial charge in [0.2, 0.25) is 0 Å². The van der Waals surface area contributed by atoms with Crippen LogP contribution in [0.5, 0.6) is 0 Å². The standard InChI is InChI=1S/C22H24ClN7/c1-15(28-12-17-2-3-19(23)10-20(17)25)30-13-18(14-30)21-22(27-7-6-26-21)29-8-4-16(11-24)5-9-29/h2-3,6-7,10,12,16,18H,1,4-5,8-9,13-14,25H2/b28-12-. The molecule has 2 fully saturated rings. The Hall–Kier alpha value is -3.11. The summed E-state index contributed by atoms with van der Waals surface area (Å²) in [7, 11) is 0. The predicted molar refractivity (Wildman–Crippen MR) is 119 cm³/mol. The number of nitrogens with two attached hydrogens (primary N) is 1. The first-order valence-corrected chi connectivity index (χ1v) is 10.4. The van der Waals surface area contributed by atoms with Gasteiger partial charge in [0.05, 0.1) is 11.8 Å². The molecule has 1 aromatic heterocycles. The Bertz CT molecular complexity index is 999. The number of piperidine rings is 1. The van der Waals surface area contributed by atoms with E-state index in [0.29, 0.717) is 16.5 Å². The fourth-order valence-electron chi connectivity index (χ4n) is 3.84. The number of likely N-dealkylation sites (tertiary alicyclic amines) is 1. The number of nitrogens with zero attached hydrogens (tertiary/aromatic N) is 6. The second kappa shape index (κ2) is 8.72. The molecule has 154 valence electrons. The summed E-state index contributed by atoms with van der Waals surface area (Å²) in [6, 6.07) is 7.72. The van der Waals surface area contributed by atoms with Crippen molar-refractivity contribution in [2.45, 2.75) is 18.8 Å². The molecule has 0 radical (unpaired) electrons. The number of anilines is 2. The maximum absolute atomic E-state index is 9.13. The zero-order chi connectivity index (χ0) is 21.1. The van der Waals surface area contributed by atoms with Crippen molar-refractivity contribution in [1.29, 1.82) is 5.26 Å². The molecule has 0 bridgehead atoms. The molecule has 2 aliphatic rings. The lowest BCUT2D eigenvalue weighted by molar-refractivity contribution is 0.195. The topological polar surface area (TPSA) is 94.4 Å². The van der Waals surface area contributed by atoms with Crippen molar-refractivity contribution >= 4 is 29.3 Å². The van der Waals surface area contributed by atoms with Crippen molar-refractivity contribution in [3.8, 4) is 6.07 Å². The minimum absolute atomic E-state index is 0.149. The van der Waals surface area contributed by atoms with E-state index in [0.717, 1.165) is 56.1 Å². The summed E-state index contributed by atoms with van der Waals surface area (Å²) >= 11 is 5.94. The van der Waals surface area contributed by atoms with Crippen molar-refractivity contribution in [2.75, 3.05) is 36.8 Å². The maximum Gasteiger partial charge on any atom is 0.150 e. The van der Waals surface area contributed by atoms with Crippen molar-refractivity contribution in [3.05, 3.63) is 59.3 Å². The highest BCUT2D eigenvalue weighted by molar-refractivity contribution is 6.31. The van der Waals surface area contributed by atoms with Crippen LogP contribution in [0.3, 0.4) is 0 Å². The van der Waals surface area contributed by atoms with Gasteiger partial charge in [-0.05, 0) is 31.0 Å². The monoisotopic (exact) mass is 421 g/mol. The van der Waals surface area contributed by atoms with Crippen LogP contribution in [0.2, 0.25) is 5.02 Å². The van der Waals surface area contributed by atoms with Gasteiger partial charge < -0.3 is 15.5 Å². The molecule has 0 saturated carbocycles. The van der Waals surface area contributed by atoms with E-state index in [4.69, 9.17) is 22.6 Å². The molecule has 2 aliphatic heterocycles. The van der Waals surface area contributed by atoms with Crippen molar-refractivity contribution in [1.82, 2.24) is 14.9 Å². The molecule has 0 amide bonds. The van der Waals surface area contributed by atoms with Gasteiger partial charge in [-0.3, -0.25) is 4.98 Å². The van der Waals surface area contributed by atoms with Gasteiger partial charge in [0.25, 0.3) is 0 Å². The number of aromatic nitrogens is 2. The third kappa shape index (κ3) is 4.24. The van der Waals surface area contributed by atoms with Crippen LogP contribution in [0.15, 0.2) is 48.0 Å². The zero-order valence-corrected chi connectivity index (χ0v) is 17.5. The number of aliphatic imine (C=N–C) groups is 1. The Morgan fingerprint density at radius 2 is 2.00 bits per heavy atom. The van der Waals surface area contributed by atoms with E-state index < -0.39 is 0 Å². The van der Waals surface area contributed by atoms with Crippen molar-refractivity contribution in [2.24, 2.45) is 10.9 Å². The van der Waals surface area contributed by atoms with Gasteiger partial charge in [-0.15, -0.1) is 0 Å². The van der Waals surface area contributed by atoms with E-state index in [-0.39, 0.29) is 11.8 Å². The number of hydrogen-bond acceptors (Lipinski definition) is 7. The lowest BCUT2D eigenvalue weighted by atomic mass is 9.94. The van der Waals surface area contributed by atoms with Crippen LogP contribution < -0.4 is 10.6 Å². The third-order valence-corrected chi connectivity index (χ3v) is 5.95. The van der Waals surface area contributed by atoms with Gasteiger partial charge >= 0.3 is 0 Å². The molecule has 2 aromatic rings. The second-order valence-electron chi connectivity index (χ2n) is 7.71. The molecule has 8 heteroatoms. The van der Waals surface area contributed by atoms with Gasteiger partial charge in [0.1, 0.15) is 5.82 Å². The number of halogens is 1. The zero-order valence-electron chi connectivity index (χ0n) is 16.7. The van der Waals surface area contributed by atoms with Gasteiger partial charge in [0.15, 0.2) is 5.82 Å². The molecule has 0 atom stereocenters. The second-order valence-corrected chi connectivity index (χ2v) is 8.14. The summed E-state index contributed by atoms with van der Waals surface area (Å²) in [5.41, 5.74) is 8.40. The van der Waals surface area contributed by atoms with E-state index in [1.807, 2.05) is 6.07 Å². The van der Waals surface area contributed by atoms with E-state index in [1.165, 1.54) is 0 Å². The number of nitrogen functional groups attached to an aromatic ring is 1. The summed E-state index contributed by atoms with van der Waals surface area (Å²) in [6.07, 6.45) is 6.96. The molecule has 3 heterocycles. The van der Waals surface area contributed by atoms with Crippen LogP contribution in [-0.2, 0) is 0 Å². The molecule has 7 nitrogen and oxygen atoms in total. The highest BCUT2D eigenvalue weighted by Crippen LogP contribution is 2.34. The largest absolute Gasteiger partial charge is 0.398 e. The van der Waals surface area contributed by atoms with Gasteiger partial charge in [0, 0.05) is 72.9 Å². The van der Waals surface area contributed by atoms with Gasteiger partial charge in [-0.25, -0.2) is 9.98 Å². The molecular weight excluding hydrogens is 398 g/mol. The first kappa shape index (κ1) is 20.2. The van der Waals surface area contributed by atoms with Crippen LogP contribution in [0, 0.1) is 17.2 Å². The molecule has 2 saturated heterocycles. The molecule has 0 aliphatic carbocycles. The highest BCUT2D eigenvalue weighted by Gasteiger charge is 2.34. The lowest BCUT2D eigenvalue weighted by Gasteiger charge is -2.41. The van der Waals surface area contributed by atoms with E-state index in [1.54, 1.807) is 30.7 Å². The molecule has 1 aromatic carbocycles. The van der Waals surface area contributed by atoms with Crippen molar-refractivity contribution in [3.63, 3.8) is 0 Å². The minimum atomic E-state index is 0.149. The highest BCUT2D eigenvalue weighted by atomic mass is 35.5. The first-order valence-electron chi connectivity index (χ1n) is 10.0. The number of rotatable bonds is 5. The SMILES string of the molecule is C=C(/N=C\c1ccc(Cl)cc1N)N1CC(c2nccnc2N2CCC(C#N)CC2)C1. The molecule has 2 N–H and O–H groups in total. The predicted octanol–water partition coefficient (Wildman–Crippen LogP) is 3.44. The first-order chi connectivity index (χ1) is 14.5. The molecular formula is C22H24ClN7. The summed E-state index contributed by atoms with van der Waals surface area (Å²) in [4.78, 5) is 18.1. The Morgan fingerprint density at radius 1 is 1.27 bits per heavy atom. The average Bonchev–Trinajstić information content (AvgIpc) is 2.72. The Morgan fingerprint density at radius 3 is 2.70 bits per heavy atom. The minimum Gasteiger partial charge on any atom is -0.398 e. The maximum atomic E-state index is 9.13. The summed E-state index contributed by atoms with van der Waals surface area (Å²) < 4.78 is 0. The normalized spacial score (nSPS) is 17.7. The van der Waals surface area contributed by atoms with Crippen molar-refractivity contribution < 1.29 is 0 Å². The van der Waals surface area contributed by atoms with Gasteiger partial charge in [-0.1, -0.05) is 18.2 Å². The van der Waals surface area contributed by atoms with E-state index in [2.05, 4.69) is 37.4 Å².